The molecule has 0 saturated carbocycles. The van der Waals surface area contributed by atoms with Gasteiger partial charge in [-0.25, -0.2) is 9.48 Å². The lowest BCUT2D eigenvalue weighted by Gasteiger charge is -2.26. The van der Waals surface area contributed by atoms with Crippen LogP contribution in [-0.4, -0.2) is 52.7 Å². The smallest absolute Gasteiger partial charge is 0.366 e. The zero-order valence-electron chi connectivity index (χ0n) is 12.1. The Balaban J connectivity index is 1.73. The fourth-order valence-electron chi connectivity index (χ4n) is 2.83. The van der Waals surface area contributed by atoms with Gasteiger partial charge in [-0.05, 0) is 12.1 Å². The molecule has 3 heterocycles. The third kappa shape index (κ3) is 2.28. The maximum absolute atomic E-state index is 12.0. The topological polar surface area (TPSA) is 73.4 Å². The van der Waals surface area contributed by atoms with E-state index in [-0.39, 0.29) is 0 Å². The van der Waals surface area contributed by atoms with E-state index >= 15 is 0 Å². The van der Waals surface area contributed by atoms with E-state index in [0.29, 0.717) is 17.6 Å². The van der Waals surface area contributed by atoms with Crippen molar-refractivity contribution in [2.75, 3.05) is 32.8 Å². The van der Waals surface area contributed by atoms with Gasteiger partial charge in [0.1, 0.15) is 11.1 Å². The normalized spacial score (nSPS) is 16.5. The molecule has 1 aliphatic rings. The zero-order chi connectivity index (χ0) is 14.9. The molecule has 0 amide bonds. The molecule has 7 heteroatoms. The Morgan fingerprint density at radius 3 is 2.82 bits per heavy atom. The first kappa shape index (κ1) is 13.4. The van der Waals surface area contributed by atoms with Gasteiger partial charge in [-0.2, -0.15) is 0 Å². The number of morpholine rings is 1. The van der Waals surface area contributed by atoms with Gasteiger partial charge in [-0.3, -0.25) is 4.90 Å². The summed E-state index contributed by atoms with van der Waals surface area (Å²) >= 11 is 0. The molecule has 1 saturated heterocycles. The molecule has 0 spiro atoms. The summed E-state index contributed by atoms with van der Waals surface area (Å²) in [4.78, 5) is 14.3. The molecule has 4 rings (SSSR count). The van der Waals surface area contributed by atoms with Gasteiger partial charge in [-0.1, -0.05) is 17.3 Å². The van der Waals surface area contributed by atoms with Gasteiger partial charge >= 0.3 is 5.63 Å². The highest BCUT2D eigenvalue weighted by atomic mass is 16.5. The van der Waals surface area contributed by atoms with Gasteiger partial charge in [0.15, 0.2) is 5.52 Å². The van der Waals surface area contributed by atoms with Crippen molar-refractivity contribution in [3.63, 3.8) is 0 Å². The Morgan fingerprint density at radius 2 is 1.95 bits per heavy atom. The highest BCUT2D eigenvalue weighted by Gasteiger charge is 2.16. The standard InChI is InChI=1S/C15H16N4O3/c20-15-13-14(11-3-1-2-4-12(11)22-15)19(17-16-13)6-5-18-7-9-21-10-8-18/h1-4H,5-10H2. The lowest BCUT2D eigenvalue weighted by atomic mass is 10.2. The lowest BCUT2D eigenvalue weighted by molar-refractivity contribution is 0.0361. The van der Waals surface area contributed by atoms with Crippen LogP contribution in [0.25, 0.3) is 22.0 Å². The predicted octanol–water partition coefficient (Wildman–Crippen LogP) is 0.870. The van der Waals surface area contributed by atoms with Crippen LogP contribution in [0.5, 0.6) is 0 Å². The van der Waals surface area contributed by atoms with Crippen LogP contribution in [0.2, 0.25) is 0 Å². The number of ether oxygens (including phenoxy) is 1. The molecular formula is C15H16N4O3. The largest absolute Gasteiger partial charge is 0.421 e. The first-order chi connectivity index (χ1) is 10.8. The maximum atomic E-state index is 12.0. The van der Waals surface area contributed by atoms with Crippen molar-refractivity contribution < 1.29 is 9.15 Å². The van der Waals surface area contributed by atoms with Gasteiger partial charge in [0.05, 0.1) is 19.8 Å². The number of nitrogens with zero attached hydrogens (tertiary/aromatic N) is 4. The number of benzene rings is 1. The van der Waals surface area contributed by atoms with Gasteiger partial charge in [0, 0.05) is 25.0 Å². The van der Waals surface area contributed by atoms with Crippen molar-refractivity contribution in [3.8, 4) is 0 Å². The van der Waals surface area contributed by atoms with E-state index in [4.69, 9.17) is 9.15 Å². The number of para-hydroxylation sites is 1. The molecule has 114 valence electrons. The van der Waals surface area contributed by atoms with Crippen LogP contribution in [0.4, 0.5) is 0 Å². The number of rotatable bonds is 3. The molecule has 0 N–H and O–H groups in total. The Hall–Kier alpha value is -2.25. The van der Waals surface area contributed by atoms with E-state index in [2.05, 4.69) is 15.2 Å². The van der Waals surface area contributed by atoms with Gasteiger partial charge in [0.25, 0.3) is 0 Å². The molecule has 0 bridgehead atoms. The Morgan fingerprint density at radius 1 is 1.14 bits per heavy atom. The minimum absolute atomic E-state index is 0.292. The van der Waals surface area contributed by atoms with Crippen molar-refractivity contribution >= 4 is 22.0 Å². The second kappa shape index (κ2) is 5.51. The van der Waals surface area contributed by atoms with Gasteiger partial charge in [-0.15, -0.1) is 5.10 Å². The molecule has 3 aromatic rings. The highest BCUT2D eigenvalue weighted by Crippen LogP contribution is 2.20. The summed E-state index contributed by atoms with van der Waals surface area (Å²) in [5.41, 5.74) is 1.17. The first-order valence-corrected chi connectivity index (χ1v) is 7.38. The second-order valence-electron chi connectivity index (χ2n) is 5.35. The lowest BCUT2D eigenvalue weighted by Crippen LogP contribution is -2.38. The maximum Gasteiger partial charge on any atom is 0.366 e. The van der Waals surface area contributed by atoms with E-state index in [1.807, 2.05) is 18.2 Å². The van der Waals surface area contributed by atoms with Crippen LogP contribution in [0.3, 0.4) is 0 Å². The number of aromatic nitrogens is 3. The molecule has 1 fully saturated rings. The van der Waals surface area contributed by atoms with Crippen LogP contribution < -0.4 is 5.63 Å². The predicted molar refractivity (Wildman–Crippen MR) is 80.8 cm³/mol. The summed E-state index contributed by atoms with van der Waals surface area (Å²) in [6.45, 7) is 4.93. The summed E-state index contributed by atoms with van der Waals surface area (Å²) < 4.78 is 12.4. The molecule has 7 nitrogen and oxygen atoms in total. The Kier molecular flexibility index (Phi) is 3.36. The van der Waals surface area contributed by atoms with Crippen molar-refractivity contribution in [2.45, 2.75) is 6.54 Å². The van der Waals surface area contributed by atoms with Crippen molar-refractivity contribution in [1.29, 1.82) is 0 Å². The van der Waals surface area contributed by atoms with E-state index in [9.17, 15) is 4.79 Å². The number of hydrogen-bond acceptors (Lipinski definition) is 6. The molecule has 22 heavy (non-hydrogen) atoms. The molecule has 1 aliphatic heterocycles. The Bertz CT molecular complexity index is 864. The average molecular weight is 300 g/mol. The van der Waals surface area contributed by atoms with Crippen molar-refractivity contribution in [3.05, 3.63) is 34.7 Å². The van der Waals surface area contributed by atoms with Crippen LogP contribution in [0.1, 0.15) is 0 Å². The third-order valence-electron chi connectivity index (χ3n) is 4.01. The third-order valence-corrected chi connectivity index (χ3v) is 4.01. The summed E-state index contributed by atoms with van der Waals surface area (Å²) in [7, 11) is 0. The minimum atomic E-state index is -0.439. The highest BCUT2D eigenvalue weighted by molar-refractivity contribution is 6.00. The number of hydrogen-bond donors (Lipinski definition) is 0. The van der Waals surface area contributed by atoms with Crippen molar-refractivity contribution in [2.24, 2.45) is 0 Å². The first-order valence-electron chi connectivity index (χ1n) is 7.38. The number of fused-ring (bicyclic) bond motifs is 3. The molecule has 0 aliphatic carbocycles. The summed E-state index contributed by atoms with van der Waals surface area (Å²) in [5.74, 6) is 0. The second-order valence-corrected chi connectivity index (χ2v) is 5.35. The molecule has 1 aromatic carbocycles. The molecule has 0 unspecified atom stereocenters. The fourth-order valence-corrected chi connectivity index (χ4v) is 2.83. The van der Waals surface area contributed by atoms with Gasteiger partial charge < -0.3 is 9.15 Å². The van der Waals surface area contributed by atoms with E-state index in [1.165, 1.54) is 0 Å². The minimum Gasteiger partial charge on any atom is -0.421 e. The summed E-state index contributed by atoms with van der Waals surface area (Å²) in [6, 6.07) is 7.48. The molecule has 2 aromatic heterocycles. The average Bonchev–Trinajstić information content (AvgIpc) is 2.99. The van der Waals surface area contributed by atoms with Crippen LogP contribution in [0, 0.1) is 0 Å². The van der Waals surface area contributed by atoms with Crippen LogP contribution in [0.15, 0.2) is 33.5 Å². The van der Waals surface area contributed by atoms with Crippen LogP contribution in [-0.2, 0) is 11.3 Å². The zero-order valence-corrected chi connectivity index (χ0v) is 12.1. The summed E-state index contributed by atoms with van der Waals surface area (Å²) in [6.07, 6.45) is 0. The molecule has 0 radical (unpaired) electrons. The fraction of sp³-hybridized carbons (Fsp3) is 0.400. The quantitative estimate of drug-likeness (QED) is 0.668. The van der Waals surface area contributed by atoms with Gasteiger partial charge in [0.2, 0.25) is 0 Å². The SMILES string of the molecule is O=c1oc2ccccc2c2c1nnn2CCN1CCOCC1. The van der Waals surface area contributed by atoms with E-state index in [1.54, 1.807) is 10.7 Å². The molecular weight excluding hydrogens is 284 g/mol. The Labute approximate surface area is 126 Å². The summed E-state index contributed by atoms with van der Waals surface area (Å²) in [5, 5.41) is 9.00. The van der Waals surface area contributed by atoms with Crippen molar-refractivity contribution in [1.82, 2.24) is 19.9 Å². The van der Waals surface area contributed by atoms with Crippen LogP contribution >= 0.6 is 0 Å². The molecule has 0 atom stereocenters. The van der Waals surface area contributed by atoms with E-state index in [0.717, 1.165) is 43.8 Å². The monoisotopic (exact) mass is 300 g/mol. The van der Waals surface area contributed by atoms with E-state index < -0.39 is 5.63 Å².